The van der Waals surface area contributed by atoms with Gasteiger partial charge in [-0.1, -0.05) is 66.7 Å². The number of carbonyl (C=O) groups excluding carboxylic acids is 1. The zero-order valence-corrected chi connectivity index (χ0v) is 16.9. The maximum absolute atomic E-state index is 12.6. The molecule has 144 valence electrons. The molecule has 2 rings (SSSR count). The molecule has 27 heavy (non-hydrogen) atoms. The Morgan fingerprint density at radius 3 is 2.04 bits per heavy atom. The molecule has 2 aromatic carbocycles. The van der Waals surface area contributed by atoms with Crippen LogP contribution in [0.3, 0.4) is 0 Å². The lowest BCUT2D eigenvalue weighted by atomic mass is 9.97. The number of hydrogen-bond donors (Lipinski definition) is 0. The van der Waals surface area contributed by atoms with Gasteiger partial charge in [-0.05, 0) is 38.8 Å². The molecule has 0 saturated carbocycles. The Labute approximate surface area is 163 Å². The van der Waals surface area contributed by atoms with Gasteiger partial charge in [0.2, 0.25) is 0 Å². The first-order valence-corrected chi connectivity index (χ1v) is 9.50. The van der Waals surface area contributed by atoms with Gasteiger partial charge in [-0.25, -0.2) is 0 Å². The van der Waals surface area contributed by atoms with E-state index in [1.807, 2.05) is 63.2 Å². The molecule has 0 spiro atoms. The first-order valence-electron chi connectivity index (χ1n) is 9.50. The fourth-order valence-corrected chi connectivity index (χ4v) is 3.27. The highest BCUT2D eigenvalue weighted by Gasteiger charge is 2.29. The molecular formula is C24H31NO2. The van der Waals surface area contributed by atoms with E-state index in [4.69, 9.17) is 4.74 Å². The fourth-order valence-electron chi connectivity index (χ4n) is 3.27. The Balaban J connectivity index is 2.36. The Kier molecular flexibility index (Phi) is 7.37. The molecule has 0 aromatic heterocycles. The van der Waals surface area contributed by atoms with Crippen molar-refractivity contribution in [2.24, 2.45) is 0 Å². The Bertz CT molecular complexity index is 719. The van der Waals surface area contributed by atoms with Gasteiger partial charge in [-0.15, -0.1) is 6.58 Å². The summed E-state index contributed by atoms with van der Waals surface area (Å²) in [5.41, 5.74) is 1.82. The van der Waals surface area contributed by atoms with Crippen LogP contribution in [-0.2, 0) is 9.53 Å². The van der Waals surface area contributed by atoms with Crippen molar-refractivity contribution in [3.8, 4) is 0 Å². The van der Waals surface area contributed by atoms with Crippen molar-refractivity contribution in [2.75, 3.05) is 6.54 Å². The van der Waals surface area contributed by atoms with E-state index in [9.17, 15) is 4.79 Å². The summed E-state index contributed by atoms with van der Waals surface area (Å²) in [5, 5.41) is 0. The van der Waals surface area contributed by atoms with Gasteiger partial charge in [-0.2, -0.15) is 0 Å². The number of benzene rings is 2. The van der Waals surface area contributed by atoms with Gasteiger partial charge >= 0.3 is 5.97 Å². The first kappa shape index (κ1) is 20.9. The number of rotatable bonds is 8. The molecular weight excluding hydrogens is 334 g/mol. The third-order valence-electron chi connectivity index (χ3n) is 4.48. The van der Waals surface area contributed by atoms with Crippen LogP contribution in [0.5, 0.6) is 0 Å². The molecule has 2 atom stereocenters. The fraction of sp³-hybridized carbons (Fsp3) is 0.375. The van der Waals surface area contributed by atoms with Crippen LogP contribution in [0.25, 0.3) is 0 Å². The molecule has 0 heterocycles. The van der Waals surface area contributed by atoms with Crippen molar-refractivity contribution >= 4 is 5.97 Å². The van der Waals surface area contributed by atoms with Crippen molar-refractivity contribution < 1.29 is 9.53 Å². The number of carbonyl (C=O) groups is 1. The van der Waals surface area contributed by atoms with Crippen LogP contribution in [0.2, 0.25) is 0 Å². The molecule has 1 unspecified atom stereocenters. The monoisotopic (exact) mass is 365 g/mol. The summed E-state index contributed by atoms with van der Waals surface area (Å²) in [6.07, 6.45) is 2.19. The van der Waals surface area contributed by atoms with Gasteiger partial charge in [0.15, 0.2) is 0 Å². The predicted molar refractivity (Wildman–Crippen MR) is 111 cm³/mol. The average molecular weight is 366 g/mol. The minimum absolute atomic E-state index is 0.0887. The van der Waals surface area contributed by atoms with E-state index in [1.165, 1.54) is 5.56 Å². The molecule has 0 saturated heterocycles. The molecule has 3 nitrogen and oxygen atoms in total. The smallest absolute Gasteiger partial charge is 0.308 e. The molecule has 0 aliphatic carbocycles. The maximum atomic E-state index is 12.6. The van der Waals surface area contributed by atoms with Gasteiger partial charge in [0.1, 0.15) is 5.60 Å². The molecule has 0 radical (unpaired) electrons. The summed E-state index contributed by atoms with van der Waals surface area (Å²) in [7, 11) is 0. The second-order valence-electron chi connectivity index (χ2n) is 7.79. The molecule has 0 fully saturated rings. The van der Waals surface area contributed by atoms with Crippen LogP contribution in [0, 0.1) is 0 Å². The summed E-state index contributed by atoms with van der Waals surface area (Å²) >= 11 is 0. The normalized spacial score (nSPS) is 13.8. The number of ether oxygens (including phenoxy) is 1. The Hall–Kier alpha value is -2.39. The Morgan fingerprint density at radius 2 is 1.56 bits per heavy atom. The van der Waals surface area contributed by atoms with Crippen LogP contribution in [-0.4, -0.2) is 23.0 Å². The Morgan fingerprint density at radius 1 is 1.04 bits per heavy atom. The zero-order chi connectivity index (χ0) is 19.9. The van der Waals surface area contributed by atoms with Gasteiger partial charge in [0.05, 0.1) is 6.42 Å². The minimum atomic E-state index is -0.493. The van der Waals surface area contributed by atoms with Crippen molar-refractivity contribution in [2.45, 2.75) is 51.8 Å². The van der Waals surface area contributed by atoms with E-state index in [0.717, 1.165) is 5.56 Å². The van der Waals surface area contributed by atoms with Crippen molar-refractivity contribution in [1.29, 1.82) is 0 Å². The molecule has 0 bridgehead atoms. The first-order chi connectivity index (χ1) is 12.8. The number of hydrogen-bond acceptors (Lipinski definition) is 3. The topological polar surface area (TPSA) is 29.5 Å². The van der Waals surface area contributed by atoms with Crippen LogP contribution >= 0.6 is 0 Å². The summed E-state index contributed by atoms with van der Waals surface area (Å²) in [4.78, 5) is 14.9. The van der Waals surface area contributed by atoms with E-state index in [0.29, 0.717) is 13.0 Å². The third-order valence-corrected chi connectivity index (χ3v) is 4.48. The number of nitrogens with zero attached hydrogens (tertiary/aromatic N) is 1. The van der Waals surface area contributed by atoms with E-state index in [1.54, 1.807) is 0 Å². The van der Waals surface area contributed by atoms with Gasteiger partial charge < -0.3 is 4.74 Å². The standard InChI is InChI=1S/C24H31NO2/c1-6-17-25(19(2)20-13-9-7-10-14-20)22(21-15-11-8-12-16-21)18-23(26)27-24(3,4)5/h6-16,19,22H,1,17-18H2,2-5H3/t19-,22?/m1/s1. The number of esters is 1. The highest BCUT2D eigenvalue weighted by molar-refractivity contribution is 5.71. The second kappa shape index (κ2) is 9.52. The van der Waals surface area contributed by atoms with Crippen molar-refractivity contribution in [1.82, 2.24) is 4.90 Å². The minimum Gasteiger partial charge on any atom is -0.460 e. The zero-order valence-electron chi connectivity index (χ0n) is 16.9. The molecule has 0 N–H and O–H groups in total. The summed E-state index contributed by atoms with van der Waals surface area (Å²) in [5.74, 6) is -0.189. The lowest BCUT2D eigenvalue weighted by Gasteiger charge is -2.36. The van der Waals surface area contributed by atoms with E-state index in [2.05, 4.69) is 42.7 Å². The lowest BCUT2D eigenvalue weighted by Crippen LogP contribution is -2.35. The van der Waals surface area contributed by atoms with Gasteiger partial charge in [0, 0.05) is 18.6 Å². The predicted octanol–water partition coefficient (Wildman–Crippen LogP) is 5.71. The van der Waals surface area contributed by atoms with Crippen molar-refractivity contribution in [3.05, 3.63) is 84.4 Å². The van der Waals surface area contributed by atoms with Crippen LogP contribution < -0.4 is 0 Å². The largest absolute Gasteiger partial charge is 0.460 e. The maximum Gasteiger partial charge on any atom is 0.308 e. The summed E-state index contributed by atoms with van der Waals surface area (Å²) in [6, 6.07) is 20.6. The summed E-state index contributed by atoms with van der Waals surface area (Å²) < 4.78 is 5.61. The van der Waals surface area contributed by atoms with Crippen LogP contribution in [0.1, 0.15) is 57.3 Å². The van der Waals surface area contributed by atoms with E-state index < -0.39 is 5.60 Å². The van der Waals surface area contributed by atoms with Gasteiger partial charge in [0.25, 0.3) is 0 Å². The molecule has 3 heteroatoms. The van der Waals surface area contributed by atoms with Gasteiger partial charge in [-0.3, -0.25) is 9.69 Å². The molecule has 0 amide bonds. The third kappa shape index (κ3) is 6.37. The summed E-state index contributed by atoms with van der Waals surface area (Å²) in [6.45, 7) is 12.5. The molecule has 2 aromatic rings. The highest BCUT2D eigenvalue weighted by Crippen LogP contribution is 2.33. The SMILES string of the molecule is C=CCN(C(CC(=O)OC(C)(C)C)c1ccccc1)[C@H](C)c1ccccc1. The van der Waals surface area contributed by atoms with E-state index >= 15 is 0 Å². The molecule has 0 aliphatic heterocycles. The van der Waals surface area contributed by atoms with Crippen LogP contribution in [0.15, 0.2) is 73.3 Å². The lowest BCUT2D eigenvalue weighted by molar-refractivity contribution is -0.156. The average Bonchev–Trinajstić information content (AvgIpc) is 2.64. The highest BCUT2D eigenvalue weighted by atomic mass is 16.6. The second-order valence-corrected chi connectivity index (χ2v) is 7.79. The van der Waals surface area contributed by atoms with E-state index in [-0.39, 0.29) is 18.1 Å². The van der Waals surface area contributed by atoms with Crippen molar-refractivity contribution in [3.63, 3.8) is 0 Å². The quantitative estimate of drug-likeness (QED) is 0.443. The van der Waals surface area contributed by atoms with Crippen LogP contribution in [0.4, 0.5) is 0 Å². The molecule has 0 aliphatic rings.